The number of halogens is 4. The van der Waals surface area contributed by atoms with Gasteiger partial charge in [0, 0.05) is 0 Å². The second kappa shape index (κ2) is 10.2. The van der Waals surface area contributed by atoms with E-state index >= 15 is 0 Å². The summed E-state index contributed by atoms with van der Waals surface area (Å²) in [5.74, 6) is 0. The van der Waals surface area contributed by atoms with Gasteiger partial charge in [-0.1, -0.05) is 0 Å². The van der Waals surface area contributed by atoms with Crippen molar-refractivity contribution >= 4 is 63.1 Å². The molecule has 0 unspecified atom stereocenters. The molecule has 0 amide bonds. The minimum atomic E-state index is -3.93. The van der Waals surface area contributed by atoms with Crippen LogP contribution in [0.5, 0.6) is 0 Å². The molecule has 0 radical (unpaired) electrons. The molecule has 0 aliphatic rings. The third kappa shape index (κ3) is 7.85. The standard InChI is InChI=1S/C4H8Cl4O8P2/c5-13-17(9,14-6)11-3-1-2-4-12-18(10,15-7)16-8/h1-4H2. The van der Waals surface area contributed by atoms with E-state index in [0.29, 0.717) is 12.8 Å². The first-order chi connectivity index (χ1) is 8.45. The highest BCUT2D eigenvalue weighted by molar-refractivity contribution is 7.50. The SMILES string of the molecule is O=P(OCl)(OCl)OCCCCOP(=O)(OCl)OCl. The molecule has 0 aromatic heterocycles. The summed E-state index contributed by atoms with van der Waals surface area (Å²) in [4.78, 5) is 0. The van der Waals surface area contributed by atoms with E-state index in [1.54, 1.807) is 0 Å². The maximum atomic E-state index is 11.2. The van der Waals surface area contributed by atoms with Gasteiger partial charge in [-0.15, -0.1) is 0 Å². The van der Waals surface area contributed by atoms with E-state index in [9.17, 15) is 9.13 Å². The van der Waals surface area contributed by atoms with Gasteiger partial charge in [0.05, 0.1) is 60.7 Å². The number of rotatable bonds is 11. The topological polar surface area (TPSA) is 89.5 Å². The van der Waals surface area contributed by atoms with Crippen molar-refractivity contribution < 1.29 is 34.5 Å². The van der Waals surface area contributed by atoms with Crippen LogP contribution in [-0.4, -0.2) is 13.2 Å². The highest BCUT2D eigenvalue weighted by atomic mass is 35.5. The van der Waals surface area contributed by atoms with Crippen molar-refractivity contribution in [3.63, 3.8) is 0 Å². The third-order valence-electron chi connectivity index (χ3n) is 1.38. The Morgan fingerprint density at radius 1 is 0.667 bits per heavy atom. The van der Waals surface area contributed by atoms with Crippen molar-refractivity contribution in [2.24, 2.45) is 0 Å². The first-order valence-electron chi connectivity index (χ1n) is 4.16. The van der Waals surface area contributed by atoms with Crippen LogP contribution in [0.15, 0.2) is 0 Å². The first kappa shape index (κ1) is 19.4. The first-order valence-corrected chi connectivity index (χ1v) is 8.31. The zero-order chi connectivity index (χ0) is 14.1. The summed E-state index contributed by atoms with van der Waals surface area (Å²) < 4.78 is 47.1. The molecule has 0 aromatic carbocycles. The van der Waals surface area contributed by atoms with E-state index in [0.717, 1.165) is 0 Å². The van der Waals surface area contributed by atoms with E-state index in [-0.39, 0.29) is 13.2 Å². The summed E-state index contributed by atoms with van der Waals surface area (Å²) in [5, 5.41) is 0. The molecule has 0 aliphatic carbocycles. The number of unbranched alkanes of at least 4 members (excludes halogenated alkanes) is 1. The molecule has 0 bridgehead atoms. The van der Waals surface area contributed by atoms with Crippen LogP contribution in [0.2, 0.25) is 0 Å². The maximum absolute atomic E-state index is 11.2. The zero-order valence-corrected chi connectivity index (χ0v) is 13.3. The van der Waals surface area contributed by atoms with Gasteiger partial charge in [-0.25, -0.2) is 9.13 Å². The highest BCUT2D eigenvalue weighted by Crippen LogP contribution is 2.52. The average molecular weight is 388 g/mol. The van der Waals surface area contributed by atoms with Crippen molar-refractivity contribution in [1.82, 2.24) is 0 Å². The fourth-order valence-electron chi connectivity index (χ4n) is 0.658. The van der Waals surface area contributed by atoms with E-state index in [1.165, 1.54) is 0 Å². The van der Waals surface area contributed by atoms with Crippen LogP contribution in [0.4, 0.5) is 0 Å². The molecule has 0 saturated heterocycles. The van der Waals surface area contributed by atoms with Gasteiger partial charge in [0.25, 0.3) is 0 Å². The Hall–Kier alpha value is 1.38. The number of phosphoric acid groups is 2. The van der Waals surface area contributed by atoms with Crippen LogP contribution in [0, 0.1) is 0 Å². The highest BCUT2D eigenvalue weighted by Gasteiger charge is 2.27. The van der Waals surface area contributed by atoms with Crippen LogP contribution in [0.3, 0.4) is 0 Å². The second-order valence-corrected chi connectivity index (χ2v) is 7.06. The van der Waals surface area contributed by atoms with Crippen LogP contribution >= 0.6 is 63.1 Å². The Labute approximate surface area is 124 Å². The van der Waals surface area contributed by atoms with Gasteiger partial charge in [-0.3, -0.25) is 9.05 Å². The van der Waals surface area contributed by atoms with Crippen LogP contribution in [-0.2, 0) is 34.5 Å². The van der Waals surface area contributed by atoms with Crippen molar-refractivity contribution in [2.45, 2.75) is 12.8 Å². The normalized spacial score (nSPS) is 12.9. The predicted octanol–water partition coefficient (Wildman–Crippen LogP) is 4.70. The number of hydrogen-bond acceptors (Lipinski definition) is 8. The van der Waals surface area contributed by atoms with Gasteiger partial charge in [0.2, 0.25) is 0 Å². The lowest BCUT2D eigenvalue weighted by molar-refractivity contribution is 0.190. The van der Waals surface area contributed by atoms with Crippen molar-refractivity contribution in [3.05, 3.63) is 0 Å². The van der Waals surface area contributed by atoms with Crippen molar-refractivity contribution in [3.8, 4) is 0 Å². The minimum absolute atomic E-state index is 0.0617. The summed E-state index contributed by atoms with van der Waals surface area (Å²) in [5.41, 5.74) is 0. The predicted molar refractivity (Wildman–Crippen MR) is 64.1 cm³/mol. The molecule has 0 aromatic rings. The summed E-state index contributed by atoms with van der Waals surface area (Å²) in [7, 11) is -7.86. The minimum Gasteiger partial charge on any atom is -0.285 e. The quantitative estimate of drug-likeness (QED) is 0.372. The maximum Gasteiger partial charge on any atom is 0.507 e. The molecule has 0 aliphatic heterocycles. The smallest absolute Gasteiger partial charge is 0.285 e. The summed E-state index contributed by atoms with van der Waals surface area (Å²) >= 11 is 19.3. The Morgan fingerprint density at radius 2 is 0.944 bits per heavy atom. The summed E-state index contributed by atoms with van der Waals surface area (Å²) in [6.45, 7) is -0.123. The van der Waals surface area contributed by atoms with Crippen LogP contribution in [0.1, 0.15) is 12.8 Å². The molecule has 0 fully saturated rings. The molecule has 0 saturated carbocycles. The lowest BCUT2D eigenvalue weighted by Crippen LogP contribution is -1.98. The average Bonchev–Trinajstić information content (AvgIpc) is 2.42. The number of hydrogen-bond donors (Lipinski definition) is 0. The van der Waals surface area contributed by atoms with Crippen LogP contribution in [0.25, 0.3) is 0 Å². The molecule has 110 valence electrons. The van der Waals surface area contributed by atoms with E-state index < -0.39 is 15.6 Å². The molecule has 8 nitrogen and oxygen atoms in total. The molecule has 0 heterocycles. The zero-order valence-electron chi connectivity index (χ0n) is 8.50. The Balaban J connectivity index is 3.70. The lowest BCUT2D eigenvalue weighted by Gasteiger charge is -2.10. The molecule has 0 atom stereocenters. The fourth-order valence-corrected chi connectivity index (χ4v) is 2.55. The van der Waals surface area contributed by atoms with Gasteiger partial charge in [0.1, 0.15) is 0 Å². The molecule has 18 heavy (non-hydrogen) atoms. The third-order valence-corrected chi connectivity index (χ3v) is 5.08. The Kier molecular flexibility index (Phi) is 10.9. The Morgan fingerprint density at radius 3 is 1.17 bits per heavy atom. The van der Waals surface area contributed by atoms with Gasteiger partial charge >= 0.3 is 15.6 Å². The monoisotopic (exact) mass is 386 g/mol. The van der Waals surface area contributed by atoms with Crippen molar-refractivity contribution in [2.75, 3.05) is 13.2 Å². The molecule has 0 rings (SSSR count). The molecule has 14 heteroatoms. The summed E-state index contributed by atoms with van der Waals surface area (Å²) in [6.07, 6.45) is 0.657. The second-order valence-electron chi connectivity index (χ2n) is 2.54. The van der Waals surface area contributed by atoms with Gasteiger partial charge in [0.15, 0.2) is 0 Å². The van der Waals surface area contributed by atoms with E-state index in [2.05, 4.69) is 25.4 Å². The van der Waals surface area contributed by atoms with Gasteiger partial charge < -0.3 is 0 Å². The van der Waals surface area contributed by atoms with Crippen LogP contribution < -0.4 is 0 Å². The van der Waals surface area contributed by atoms with Crippen molar-refractivity contribution in [1.29, 1.82) is 0 Å². The van der Waals surface area contributed by atoms with E-state index in [4.69, 9.17) is 47.5 Å². The lowest BCUT2D eigenvalue weighted by atomic mass is 10.3. The molecular formula is C4H8Cl4O8P2. The van der Waals surface area contributed by atoms with Gasteiger partial charge in [-0.05, 0) is 12.8 Å². The Bertz CT molecular complexity index is 269. The molecule has 0 spiro atoms. The molecule has 0 N–H and O–H groups in total. The summed E-state index contributed by atoms with van der Waals surface area (Å²) in [6, 6.07) is 0. The molecular weight excluding hydrogens is 380 g/mol. The fraction of sp³-hybridized carbons (Fsp3) is 1.00. The van der Waals surface area contributed by atoms with Gasteiger partial charge in [-0.2, -0.15) is 16.3 Å². The van der Waals surface area contributed by atoms with E-state index in [1.807, 2.05) is 0 Å². The largest absolute Gasteiger partial charge is 0.507 e.